The van der Waals surface area contributed by atoms with Crippen molar-refractivity contribution in [2.45, 2.75) is 39.0 Å². The van der Waals surface area contributed by atoms with Gasteiger partial charge in [0.2, 0.25) is 0 Å². The highest BCUT2D eigenvalue weighted by molar-refractivity contribution is 9.10. The van der Waals surface area contributed by atoms with E-state index in [1.807, 2.05) is 0 Å². The van der Waals surface area contributed by atoms with Crippen molar-refractivity contribution in [3.63, 3.8) is 0 Å². The smallest absolute Gasteiger partial charge is 0.0701 e. The fraction of sp³-hybridized carbons (Fsp3) is 0.400. The molecule has 0 spiro atoms. The van der Waals surface area contributed by atoms with E-state index in [2.05, 4.69) is 51.3 Å². The maximum Gasteiger partial charge on any atom is 0.0701 e. The second kappa shape index (κ2) is 4.88. The Morgan fingerprint density at radius 2 is 2.11 bits per heavy atom. The van der Waals surface area contributed by atoms with Gasteiger partial charge in [0.15, 0.2) is 0 Å². The number of aryl methyl sites for hydroxylation is 2. The summed E-state index contributed by atoms with van der Waals surface area (Å²) < 4.78 is 1.19. The number of nitrogens with zero attached hydrogens (tertiary/aromatic N) is 1. The van der Waals surface area contributed by atoms with Crippen molar-refractivity contribution >= 4 is 15.9 Å². The van der Waals surface area contributed by atoms with Crippen LogP contribution in [-0.2, 0) is 19.3 Å². The minimum absolute atomic E-state index is 0.930. The largest absolute Gasteiger partial charge is 0.282 e. The molecule has 94 valence electrons. The first-order valence-corrected chi connectivity index (χ1v) is 7.34. The monoisotopic (exact) mass is 304 g/mol. The molecule has 0 fully saturated rings. The van der Waals surface area contributed by atoms with E-state index in [4.69, 9.17) is 0 Å². The molecule has 2 nitrogen and oxygen atoms in total. The van der Waals surface area contributed by atoms with Crippen molar-refractivity contribution in [3.8, 4) is 0 Å². The van der Waals surface area contributed by atoms with Gasteiger partial charge in [-0.05, 0) is 55.4 Å². The minimum atomic E-state index is 0.930. The van der Waals surface area contributed by atoms with E-state index in [1.54, 1.807) is 0 Å². The molecule has 1 heterocycles. The second-order valence-electron chi connectivity index (χ2n) is 5.05. The summed E-state index contributed by atoms with van der Waals surface area (Å²) in [4.78, 5) is 0. The lowest BCUT2D eigenvalue weighted by molar-refractivity contribution is 0.673. The van der Waals surface area contributed by atoms with E-state index in [0.29, 0.717) is 0 Å². The maximum atomic E-state index is 4.53. The number of halogens is 1. The molecule has 1 aliphatic rings. The van der Waals surface area contributed by atoms with Crippen molar-refractivity contribution < 1.29 is 0 Å². The third-order valence-electron chi connectivity index (χ3n) is 3.84. The quantitative estimate of drug-likeness (QED) is 0.894. The van der Waals surface area contributed by atoms with Gasteiger partial charge in [-0.1, -0.05) is 28.1 Å². The van der Waals surface area contributed by atoms with Crippen molar-refractivity contribution in [2.24, 2.45) is 0 Å². The molecule has 0 radical (unpaired) electrons. The molecule has 3 rings (SSSR count). The van der Waals surface area contributed by atoms with Crippen molar-refractivity contribution in [1.82, 2.24) is 10.2 Å². The van der Waals surface area contributed by atoms with E-state index >= 15 is 0 Å². The molecule has 0 unspecified atom stereocenters. The van der Waals surface area contributed by atoms with Crippen molar-refractivity contribution in [3.05, 3.63) is 50.8 Å². The SMILES string of the molecule is Cc1cccc(Br)c1Cc1n[nH]c2c1CCCC2. The van der Waals surface area contributed by atoms with Crippen LogP contribution in [0.3, 0.4) is 0 Å². The molecule has 1 N–H and O–H groups in total. The van der Waals surface area contributed by atoms with Gasteiger partial charge in [0.05, 0.1) is 5.69 Å². The molecule has 0 amide bonds. The average Bonchev–Trinajstić information content (AvgIpc) is 2.77. The molecular weight excluding hydrogens is 288 g/mol. The Hall–Kier alpha value is -1.09. The summed E-state index contributed by atoms with van der Waals surface area (Å²) in [5.41, 5.74) is 6.76. The fourth-order valence-electron chi connectivity index (χ4n) is 2.75. The Bertz CT molecular complexity index is 552. The Labute approximate surface area is 116 Å². The molecular formula is C15H17BrN2. The number of H-pyrrole nitrogens is 1. The summed E-state index contributed by atoms with van der Waals surface area (Å²) in [5.74, 6) is 0. The van der Waals surface area contributed by atoms with Gasteiger partial charge in [-0.2, -0.15) is 5.10 Å². The van der Waals surface area contributed by atoms with Gasteiger partial charge in [-0.3, -0.25) is 5.10 Å². The fourth-order valence-corrected chi connectivity index (χ4v) is 3.36. The highest BCUT2D eigenvalue weighted by Gasteiger charge is 2.17. The van der Waals surface area contributed by atoms with Gasteiger partial charge in [0, 0.05) is 16.6 Å². The van der Waals surface area contributed by atoms with Gasteiger partial charge in [-0.25, -0.2) is 0 Å². The maximum absolute atomic E-state index is 4.53. The summed E-state index contributed by atoms with van der Waals surface area (Å²) in [7, 11) is 0. The molecule has 0 bridgehead atoms. The van der Waals surface area contributed by atoms with Crippen LogP contribution in [0.5, 0.6) is 0 Å². The number of rotatable bonds is 2. The average molecular weight is 305 g/mol. The van der Waals surface area contributed by atoms with Gasteiger partial charge in [0.25, 0.3) is 0 Å². The normalized spacial score (nSPS) is 14.6. The molecule has 0 aliphatic heterocycles. The lowest BCUT2D eigenvalue weighted by Gasteiger charge is -2.12. The van der Waals surface area contributed by atoms with Crippen molar-refractivity contribution in [1.29, 1.82) is 0 Å². The van der Waals surface area contributed by atoms with Crippen LogP contribution >= 0.6 is 15.9 Å². The van der Waals surface area contributed by atoms with Crippen LogP contribution in [0.4, 0.5) is 0 Å². The number of fused-ring (bicyclic) bond motifs is 1. The molecule has 3 heteroatoms. The van der Waals surface area contributed by atoms with E-state index in [9.17, 15) is 0 Å². The third-order valence-corrected chi connectivity index (χ3v) is 4.58. The van der Waals surface area contributed by atoms with Gasteiger partial charge in [-0.15, -0.1) is 0 Å². The van der Waals surface area contributed by atoms with Crippen LogP contribution in [0, 0.1) is 6.92 Å². The zero-order valence-corrected chi connectivity index (χ0v) is 12.2. The lowest BCUT2D eigenvalue weighted by atomic mass is 9.93. The molecule has 1 aliphatic carbocycles. The highest BCUT2D eigenvalue weighted by atomic mass is 79.9. The lowest BCUT2D eigenvalue weighted by Crippen LogP contribution is -2.03. The molecule has 18 heavy (non-hydrogen) atoms. The molecule has 2 aromatic rings. The van der Waals surface area contributed by atoms with Crippen LogP contribution in [0.2, 0.25) is 0 Å². The van der Waals surface area contributed by atoms with Crippen LogP contribution in [-0.4, -0.2) is 10.2 Å². The topological polar surface area (TPSA) is 28.7 Å². The first kappa shape index (κ1) is 12.0. The number of nitrogens with one attached hydrogen (secondary N) is 1. The van der Waals surface area contributed by atoms with Gasteiger partial charge in [0.1, 0.15) is 0 Å². The second-order valence-corrected chi connectivity index (χ2v) is 5.90. The zero-order chi connectivity index (χ0) is 12.5. The Kier molecular flexibility index (Phi) is 3.25. The number of aromatic amines is 1. The van der Waals surface area contributed by atoms with E-state index < -0.39 is 0 Å². The number of aromatic nitrogens is 2. The molecule has 0 saturated heterocycles. The molecule has 1 aromatic carbocycles. The van der Waals surface area contributed by atoms with Crippen LogP contribution < -0.4 is 0 Å². The van der Waals surface area contributed by atoms with Crippen LogP contribution in [0.1, 0.15) is 40.9 Å². The Morgan fingerprint density at radius 3 is 2.94 bits per heavy atom. The predicted octanol–water partition coefficient (Wildman–Crippen LogP) is 3.95. The zero-order valence-electron chi connectivity index (χ0n) is 10.6. The van der Waals surface area contributed by atoms with Crippen LogP contribution in [0.15, 0.2) is 22.7 Å². The Balaban J connectivity index is 1.95. The summed E-state index contributed by atoms with van der Waals surface area (Å²) in [6, 6.07) is 6.36. The minimum Gasteiger partial charge on any atom is -0.282 e. The highest BCUT2D eigenvalue weighted by Crippen LogP contribution is 2.27. The number of benzene rings is 1. The summed E-state index contributed by atoms with van der Waals surface area (Å²) in [6.07, 6.45) is 5.87. The van der Waals surface area contributed by atoms with E-state index in [1.165, 1.54) is 51.8 Å². The molecule has 0 atom stereocenters. The summed E-state index contributed by atoms with van der Waals surface area (Å²) in [6.45, 7) is 2.17. The molecule has 1 aromatic heterocycles. The standard InChI is InChI=1S/C15H17BrN2/c1-10-5-4-7-13(16)12(10)9-15-11-6-2-3-8-14(11)17-18-15/h4-5,7H,2-3,6,8-9H2,1H3,(H,17,18). The van der Waals surface area contributed by atoms with Gasteiger partial charge < -0.3 is 0 Å². The van der Waals surface area contributed by atoms with E-state index in [-0.39, 0.29) is 0 Å². The van der Waals surface area contributed by atoms with Crippen LogP contribution in [0.25, 0.3) is 0 Å². The van der Waals surface area contributed by atoms with Gasteiger partial charge >= 0.3 is 0 Å². The Morgan fingerprint density at radius 1 is 1.28 bits per heavy atom. The van der Waals surface area contributed by atoms with E-state index in [0.717, 1.165) is 12.8 Å². The predicted molar refractivity (Wildman–Crippen MR) is 76.9 cm³/mol. The number of hydrogen-bond donors (Lipinski definition) is 1. The summed E-state index contributed by atoms with van der Waals surface area (Å²) in [5, 5.41) is 7.75. The first-order chi connectivity index (χ1) is 8.75. The first-order valence-electron chi connectivity index (χ1n) is 6.54. The summed E-state index contributed by atoms with van der Waals surface area (Å²) >= 11 is 3.65. The number of hydrogen-bond acceptors (Lipinski definition) is 1. The molecule has 0 saturated carbocycles. The third kappa shape index (κ3) is 2.12. The van der Waals surface area contributed by atoms with Crippen molar-refractivity contribution in [2.75, 3.05) is 0 Å².